The minimum absolute atomic E-state index is 0.102. The predicted molar refractivity (Wildman–Crippen MR) is 103 cm³/mol. The van der Waals surface area contributed by atoms with E-state index in [1.165, 1.54) is 0 Å². The molecule has 1 aliphatic rings. The summed E-state index contributed by atoms with van der Waals surface area (Å²) in [5, 5.41) is 11.7. The van der Waals surface area contributed by atoms with Crippen molar-refractivity contribution in [3.8, 4) is 5.69 Å². The van der Waals surface area contributed by atoms with Gasteiger partial charge in [0.2, 0.25) is 0 Å². The second-order valence-electron chi connectivity index (χ2n) is 6.84. The van der Waals surface area contributed by atoms with Crippen LogP contribution in [0.4, 0.5) is 4.39 Å². The Hall–Kier alpha value is -2.77. The Morgan fingerprint density at radius 3 is 2.85 bits per heavy atom. The molecule has 0 unspecified atom stereocenters. The molecule has 0 saturated carbocycles. The van der Waals surface area contributed by atoms with Crippen molar-refractivity contribution >= 4 is 16.8 Å². The van der Waals surface area contributed by atoms with Gasteiger partial charge in [0.05, 0.1) is 11.3 Å². The molecule has 1 aromatic heterocycles. The number of piperidine rings is 1. The molecule has 140 valence electrons. The van der Waals surface area contributed by atoms with Gasteiger partial charge in [-0.15, -0.1) is 0 Å². The average molecular weight is 367 g/mol. The fourth-order valence-electron chi connectivity index (χ4n) is 3.44. The van der Waals surface area contributed by atoms with Crippen LogP contribution in [-0.2, 0) is 6.54 Å². The van der Waals surface area contributed by atoms with Gasteiger partial charge in [-0.3, -0.25) is 4.79 Å². The van der Waals surface area contributed by atoms with Gasteiger partial charge in [0.15, 0.2) is 0 Å². The number of amides is 1. The first-order valence-electron chi connectivity index (χ1n) is 9.07. The van der Waals surface area contributed by atoms with Crippen LogP contribution in [0.5, 0.6) is 0 Å². The van der Waals surface area contributed by atoms with Crippen molar-refractivity contribution < 1.29 is 9.18 Å². The van der Waals surface area contributed by atoms with Crippen molar-refractivity contribution in [3.63, 3.8) is 0 Å². The third kappa shape index (κ3) is 3.70. The van der Waals surface area contributed by atoms with Crippen LogP contribution in [-0.4, -0.2) is 41.0 Å². The summed E-state index contributed by atoms with van der Waals surface area (Å²) in [6.07, 6.45) is 1.81. The first-order chi connectivity index (χ1) is 13.1. The third-order valence-corrected chi connectivity index (χ3v) is 4.98. The standard InChI is InChI=1S/C20H22FN5O/c21-17-11-23-9-8-18(17)24-10-13-4-6-15(7-5-13)26-12-14-2-1-3-16(20(22)27)19(14)25-26/h1-7,12,17-18,23-24H,8-11H2,(H2,22,27)/t17-,18-/m1/s1. The van der Waals surface area contributed by atoms with Crippen LogP contribution in [0.3, 0.4) is 0 Å². The number of nitrogens with two attached hydrogens (primary N) is 1. The van der Waals surface area contributed by atoms with Gasteiger partial charge in [0, 0.05) is 30.7 Å². The highest BCUT2D eigenvalue weighted by Crippen LogP contribution is 2.20. The Kier molecular flexibility index (Phi) is 4.87. The van der Waals surface area contributed by atoms with E-state index in [1.807, 2.05) is 36.5 Å². The summed E-state index contributed by atoms with van der Waals surface area (Å²) < 4.78 is 15.6. The normalized spacial score (nSPS) is 20.0. The Labute approximate surface area is 156 Å². The van der Waals surface area contributed by atoms with Gasteiger partial charge in [-0.1, -0.05) is 24.3 Å². The Balaban J connectivity index is 1.50. The second-order valence-corrected chi connectivity index (χ2v) is 6.84. The number of halogens is 1. The van der Waals surface area contributed by atoms with Crippen LogP contribution in [0.1, 0.15) is 22.3 Å². The molecule has 7 heteroatoms. The molecule has 0 radical (unpaired) electrons. The van der Waals surface area contributed by atoms with E-state index in [9.17, 15) is 9.18 Å². The molecule has 0 bridgehead atoms. The quantitative estimate of drug-likeness (QED) is 0.643. The lowest BCUT2D eigenvalue weighted by Gasteiger charge is -2.27. The van der Waals surface area contributed by atoms with Gasteiger partial charge < -0.3 is 16.4 Å². The minimum Gasteiger partial charge on any atom is -0.366 e. The largest absolute Gasteiger partial charge is 0.366 e. The molecule has 4 rings (SSSR count). The van der Waals surface area contributed by atoms with Gasteiger partial charge >= 0.3 is 0 Å². The van der Waals surface area contributed by atoms with Gasteiger partial charge in [-0.05, 0) is 36.7 Å². The fourth-order valence-corrected chi connectivity index (χ4v) is 3.44. The number of carbonyl (C=O) groups excluding carboxylic acids is 1. The van der Waals surface area contributed by atoms with Crippen molar-refractivity contribution in [1.29, 1.82) is 0 Å². The SMILES string of the molecule is NC(=O)c1cccc2cn(-c3ccc(CN[C@@H]4CCNC[C@H]4F)cc3)nc12. The summed E-state index contributed by atoms with van der Waals surface area (Å²) in [6, 6.07) is 13.2. The lowest BCUT2D eigenvalue weighted by atomic mass is 10.0. The lowest BCUT2D eigenvalue weighted by molar-refractivity contribution is 0.100. The highest BCUT2D eigenvalue weighted by Gasteiger charge is 2.23. The molecule has 0 aliphatic carbocycles. The predicted octanol–water partition coefficient (Wildman–Crippen LogP) is 1.91. The van der Waals surface area contributed by atoms with E-state index in [0.717, 1.165) is 29.6 Å². The lowest BCUT2D eigenvalue weighted by Crippen LogP contribution is -2.48. The van der Waals surface area contributed by atoms with Crippen LogP contribution < -0.4 is 16.4 Å². The highest BCUT2D eigenvalue weighted by molar-refractivity contribution is 6.04. The molecule has 1 aliphatic heterocycles. The van der Waals surface area contributed by atoms with Crippen LogP contribution in [0.2, 0.25) is 0 Å². The first-order valence-corrected chi connectivity index (χ1v) is 9.07. The van der Waals surface area contributed by atoms with E-state index >= 15 is 0 Å². The van der Waals surface area contributed by atoms with E-state index in [-0.39, 0.29) is 6.04 Å². The van der Waals surface area contributed by atoms with Crippen molar-refractivity contribution in [2.45, 2.75) is 25.2 Å². The van der Waals surface area contributed by atoms with Crippen LogP contribution in [0.25, 0.3) is 16.6 Å². The molecule has 4 N–H and O–H groups in total. The zero-order valence-corrected chi connectivity index (χ0v) is 14.9. The molecular weight excluding hydrogens is 345 g/mol. The maximum absolute atomic E-state index is 13.9. The first kappa shape index (κ1) is 17.6. The summed E-state index contributed by atoms with van der Waals surface area (Å²) in [5.74, 6) is -0.489. The Morgan fingerprint density at radius 2 is 2.11 bits per heavy atom. The number of nitrogens with zero attached hydrogens (tertiary/aromatic N) is 2. The molecule has 1 saturated heterocycles. The number of primary amides is 1. The van der Waals surface area contributed by atoms with E-state index in [2.05, 4.69) is 15.7 Å². The number of hydrogen-bond acceptors (Lipinski definition) is 4. The summed E-state index contributed by atoms with van der Waals surface area (Å²) in [6.45, 7) is 1.88. The smallest absolute Gasteiger partial charge is 0.250 e. The van der Waals surface area contributed by atoms with Crippen molar-refractivity contribution in [3.05, 3.63) is 59.8 Å². The topological polar surface area (TPSA) is 85.0 Å². The number of carbonyl (C=O) groups is 1. The number of rotatable bonds is 5. The van der Waals surface area contributed by atoms with E-state index in [1.54, 1.807) is 16.8 Å². The number of nitrogens with one attached hydrogen (secondary N) is 2. The van der Waals surface area contributed by atoms with Crippen LogP contribution in [0, 0.1) is 0 Å². The second kappa shape index (κ2) is 7.46. The zero-order chi connectivity index (χ0) is 18.8. The fraction of sp³-hybridized carbons (Fsp3) is 0.300. The third-order valence-electron chi connectivity index (χ3n) is 4.98. The van der Waals surface area contributed by atoms with Gasteiger partial charge in [0.25, 0.3) is 5.91 Å². The number of fused-ring (bicyclic) bond motifs is 1. The van der Waals surface area contributed by atoms with E-state index in [4.69, 9.17) is 5.73 Å². The molecule has 1 fully saturated rings. The number of alkyl halides is 1. The van der Waals surface area contributed by atoms with Crippen molar-refractivity contribution in [1.82, 2.24) is 20.4 Å². The summed E-state index contributed by atoms with van der Waals surface area (Å²) >= 11 is 0. The number of hydrogen-bond donors (Lipinski definition) is 3. The number of aromatic nitrogens is 2. The molecule has 2 aromatic carbocycles. The van der Waals surface area contributed by atoms with Gasteiger partial charge in [-0.25, -0.2) is 9.07 Å². The molecule has 27 heavy (non-hydrogen) atoms. The Morgan fingerprint density at radius 1 is 1.30 bits per heavy atom. The summed E-state index contributed by atoms with van der Waals surface area (Å²) in [7, 11) is 0. The molecule has 0 spiro atoms. The molecule has 2 atom stereocenters. The molecule has 2 heterocycles. The van der Waals surface area contributed by atoms with Crippen molar-refractivity contribution in [2.75, 3.05) is 13.1 Å². The molecule has 1 amide bonds. The molecular formula is C20H22FN5O. The van der Waals surface area contributed by atoms with Gasteiger partial charge in [0.1, 0.15) is 11.7 Å². The molecule has 3 aromatic rings. The minimum atomic E-state index is -0.853. The Bertz CT molecular complexity index is 953. The average Bonchev–Trinajstić information content (AvgIpc) is 3.12. The summed E-state index contributed by atoms with van der Waals surface area (Å²) in [4.78, 5) is 11.6. The summed E-state index contributed by atoms with van der Waals surface area (Å²) in [5.41, 5.74) is 8.40. The molecule has 6 nitrogen and oxygen atoms in total. The monoisotopic (exact) mass is 367 g/mol. The van der Waals surface area contributed by atoms with Crippen molar-refractivity contribution in [2.24, 2.45) is 5.73 Å². The van der Waals surface area contributed by atoms with E-state index in [0.29, 0.717) is 24.2 Å². The highest BCUT2D eigenvalue weighted by atomic mass is 19.1. The maximum Gasteiger partial charge on any atom is 0.250 e. The number of benzene rings is 2. The zero-order valence-electron chi connectivity index (χ0n) is 14.9. The van der Waals surface area contributed by atoms with Crippen LogP contribution in [0.15, 0.2) is 48.7 Å². The van der Waals surface area contributed by atoms with Gasteiger partial charge in [-0.2, -0.15) is 5.10 Å². The van der Waals surface area contributed by atoms with Crippen LogP contribution >= 0.6 is 0 Å². The maximum atomic E-state index is 13.9. The van der Waals surface area contributed by atoms with E-state index < -0.39 is 12.1 Å².